The molecule has 130 valence electrons. The first-order chi connectivity index (χ1) is 10.4. The van der Waals surface area contributed by atoms with Crippen molar-refractivity contribution >= 4 is 5.96 Å². The maximum Gasteiger partial charge on any atom is 0.191 e. The highest BCUT2D eigenvalue weighted by Gasteiger charge is 2.33. The number of ether oxygens (including phenoxy) is 2. The van der Waals surface area contributed by atoms with Crippen LogP contribution in [0, 0.1) is 0 Å². The molecule has 0 radical (unpaired) electrons. The Labute approximate surface area is 135 Å². The van der Waals surface area contributed by atoms with Gasteiger partial charge in [0.25, 0.3) is 0 Å². The molecular weight excluding hydrogens is 280 g/mol. The lowest BCUT2D eigenvalue weighted by Crippen LogP contribution is -2.56. The van der Waals surface area contributed by atoms with E-state index in [1.54, 1.807) is 7.11 Å². The average Bonchev–Trinajstić information content (AvgIpc) is 2.44. The van der Waals surface area contributed by atoms with E-state index in [-0.39, 0.29) is 17.7 Å². The van der Waals surface area contributed by atoms with Crippen LogP contribution in [0.25, 0.3) is 0 Å². The highest BCUT2D eigenvalue weighted by molar-refractivity contribution is 5.79. The monoisotopic (exact) mass is 314 g/mol. The molecule has 0 spiro atoms. The van der Waals surface area contributed by atoms with E-state index in [0.29, 0.717) is 6.61 Å². The molecule has 0 saturated carbocycles. The van der Waals surface area contributed by atoms with E-state index < -0.39 is 0 Å². The molecule has 22 heavy (non-hydrogen) atoms. The lowest BCUT2D eigenvalue weighted by Gasteiger charge is -2.44. The summed E-state index contributed by atoms with van der Waals surface area (Å²) >= 11 is 0. The Morgan fingerprint density at radius 1 is 1.27 bits per heavy atom. The molecule has 1 fully saturated rings. The molecule has 6 heteroatoms. The van der Waals surface area contributed by atoms with E-state index >= 15 is 0 Å². The van der Waals surface area contributed by atoms with Gasteiger partial charge >= 0.3 is 0 Å². The molecule has 1 heterocycles. The molecule has 0 aromatic rings. The summed E-state index contributed by atoms with van der Waals surface area (Å²) in [5.41, 5.74) is 0.00983. The second-order valence-corrected chi connectivity index (χ2v) is 6.59. The number of guanidine groups is 1. The van der Waals surface area contributed by atoms with Crippen molar-refractivity contribution in [2.75, 3.05) is 46.4 Å². The van der Waals surface area contributed by atoms with Crippen LogP contribution < -0.4 is 10.6 Å². The van der Waals surface area contributed by atoms with Crippen LogP contribution in [0.1, 0.15) is 34.6 Å². The van der Waals surface area contributed by atoms with E-state index in [9.17, 15) is 0 Å². The van der Waals surface area contributed by atoms with Gasteiger partial charge in [0.1, 0.15) is 0 Å². The molecule has 0 bridgehead atoms. The van der Waals surface area contributed by atoms with Gasteiger partial charge in [0.05, 0.1) is 25.4 Å². The number of nitrogens with one attached hydrogen (secondary N) is 2. The second-order valence-electron chi connectivity index (χ2n) is 6.59. The van der Waals surface area contributed by atoms with Gasteiger partial charge in [0, 0.05) is 38.8 Å². The Balaban J connectivity index is 2.60. The summed E-state index contributed by atoms with van der Waals surface area (Å²) in [7, 11) is 1.70. The fourth-order valence-corrected chi connectivity index (χ4v) is 2.66. The molecule has 6 nitrogen and oxygen atoms in total. The normalized spacial score (nSPS) is 24.4. The molecule has 1 aliphatic rings. The summed E-state index contributed by atoms with van der Waals surface area (Å²) in [6, 6.07) is 0. The summed E-state index contributed by atoms with van der Waals surface area (Å²) in [6.45, 7) is 15.8. The van der Waals surface area contributed by atoms with E-state index in [4.69, 9.17) is 14.5 Å². The van der Waals surface area contributed by atoms with Crippen molar-refractivity contribution < 1.29 is 9.47 Å². The van der Waals surface area contributed by atoms with Crippen LogP contribution in [0.5, 0.6) is 0 Å². The quantitative estimate of drug-likeness (QED) is 0.418. The molecule has 0 aromatic carbocycles. The third kappa shape index (κ3) is 6.50. The number of methoxy groups -OCH3 is 1. The summed E-state index contributed by atoms with van der Waals surface area (Å²) in [5.74, 6) is 0.849. The molecule has 2 atom stereocenters. The van der Waals surface area contributed by atoms with Crippen molar-refractivity contribution in [2.24, 2.45) is 4.99 Å². The number of hydrogen-bond acceptors (Lipinski definition) is 4. The van der Waals surface area contributed by atoms with E-state index in [2.05, 4.69) is 50.2 Å². The molecule has 2 N–H and O–H groups in total. The Bertz CT molecular complexity index is 337. The van der Waals surface area contributed by atoms with Crippen LogP contribution >= 0.6 is 0 Å². The second kappa shape index (κ2) is 9.33. The van der Waals surface area contributed by atoms with Crippen molar-refractivity contribution in [3.05, 3.63) is 0 Å². The van der Waals surface area contributed by atoms with Gasteiger partial charge in [0.2, 0.25) is 0 Å². The molecule has 1 saturated heterocycles. The fraction of sp³-hybridized carbons (Fsp3) is 0.938. The predicted octanol–water partition coefficient (Wildman–Crippen LogP) is 1.08. The van der Waals surface area contributed by atoms with E-state index in [0.717, 1.165) is 38.7 Å². The van der Waals surface area contributed by atoms with Crippen molar-refractivity contribution in [1.29, 1.82) is 0 Å². The molecule has 0 aromatic heterocycles. The standard InChI is InChI=1S/C16H34N4O2/c1-7-17-15(18-8-9-21-6)19-12-16(4,5)20-10-13(2)22-14(3)11-20/h13-14H,7-12H2,1-6H3,(H2,17,18,19). The minimum Gasteiger partial charge on any atom is -0.383 e. The number of morpholine rings is 1. The van der Waals surface area contributed by atoms with Gasteiger partial charge < -0.3 is 20.1 Å². The van der Waals surface area contributed by atoms with Crippen LogP contribution in [0.3, 0.4) is 0 Å². The first kappa shape index (κ1) is 19.2. The van der Waals surface area contributed by atoms with Crippen molar-refractivity contribution in [2.45, 2.75) is 52.4 Å². The third-order valence-electron chi connectivity index (χ3n) is 3.84. The van der Waals surface area contributed by atoms with Crippen molar-refractivity contribution in [1.82, 2.24) is 15.5 Å². The maximum atomic E-state index is 5.83. The van der Waals surface area contributed by atoms with Gasteiger partial charge in [-0.05, 0) is 34.6 Å². The first-order valence-corrected chi connectivity index (χ1v) is 8.30. The Hall–Kier alpha value is -0.850. The molecule has 2 unspecified atom stereocenters. The summed E-state index contributed by atoms with van der Waals surface area (Å²) < 4.78 is 10.9. The zero-order chi connectivity index (χ0) is 16.6. The van der Waals surface area contributed by atoms with Crippen LogP contribution in [-0.2, 0) is 9.47 Å². The van der Waals surface area contributed by atoms with Gasteiger partial charge in [-0.3, -0.25) is 9.89 Å². The van der Waals surface area contributed by atoms with Gasteiger partial charge in [-0.2, -0.15) is 0 Å². The summed E-state index contributed by atoms with van der Waals surface area (Å²) in [6.07, 6.45) is 0.556. The third-order valence-corrected chi connectivity index (χ3v) is 3.84. The van der Waals surface area contributed by atoms with Crippen molar-refractivity contribution in [3.63, 3.8) is 0 Å². The fourth-order valence-electron chi connectivity index (χ4n) is 2.66. The summed E-state index contributed by atoms with van der Waals surface area (Å²) in [5, 5.41) is 6.56. The Morgan fingerprint density at radius 2 is 1.91 bits per heavy atom. The zero-order valence-corrected chi connectivity index (χ0v) is 15.1. The molecule has 0 aliphatic carbocycles. The SMILES string of the molecule is CCNC(=NCC(C)(C)N1CC(C)OC(C)C1)NCCOC. The van der Waals surface area contributed by atoms with Gasteiger partial charge in [-0.1, -0.05) is 0 Å². The molecule has 0 amide bonds. The number of hydrogen-bond donors (Lipinski definition) is 2. The average molecular weight is 314 g/mol. The minimum atomic E-state index is 0.00983. The first-order valence-electron chi connectivity index (χ1n) is 8.30. The molecule has 1 aliphatic heterocycles. The van der Waals surface area contributed by atoms with E-state index in [1.807, 2.05) is 0 Å². The van der Waals surface area contributed by atoms with E-state index in [1.165, 1.54) is 0 Å². The molecule has 1 rings (SSSR count). The lowest BCUT2D eigenvalue weighted by atomic mass is 10.0. The maximum absolute atomic E-state index is 5.83. The highest BCUT2D eigenvalue weighted by atomic mass is 16.5. The highest BCUT2D eigenvalue weighted by Crippen LogP contribution is 2.21. The number of rotatable bonds is 7. The Morgan fingerprint density at radius 3 is 2.45 bits per heavy atom. The van der Waals surface area contributed by atoms with Crippen molar-refractivity contribution in [3.8, 4) is 0 Å². The van der Waals surface area contributed by atoms with Gasteiger partial charge in [-0.25, -0.2) is 0 Å². The largest absolute Gasteiger partial charge is 0.383 e. The topological polar surface area (TPSA) is 58.1 Å². The Kier molecular flexibility index (Phi) is 8.14. The van der Waals surface area contributed by atoms with Crippen LogP contribution in [-0.4, -0.2) is 75.0 Å². The smallest absolute Gasteiger partial charge is 0.191 e. The predicted molar refractivity (Wildman–Crippen MR) is 91.5 cm³/mol. The minimum absolute atomic E-state index is 0.00983. The van der Waals surface area contributed by atoms with Gasteiger partial charge in [-0.15, -0.1) is 0 Å². The zero-order valence-electron chi connectivity index (χ0n) is 15.1. The lowest BCUT2D eigenvalue weighted by molar-refractivity contribution is -0.0939. The van der Waals surface area contributed by atoms with Gasteiger partial charge in [0.15, 0.2) is 5.96 Å². The van der Waals surface area contributed by atoms with Crippen LogP contribution in [0.4, 0.5) is 0 Å². The molecular formula is C16H34N4O2. The number of aliphatic imine (C=N–C) groups is 1. The van der Waals surface area contributed by atoms with Crippen LogP contribution in [0.15, 0.2) is 4.99 Å². The number of nitrogens with zero attached hydrogens (tertiary/aromatic N) is 2. The van der Waals surface area contributed by atoms with Crippen LogP contribution in [0.2, 0.25) is 0 Å². The summed E-state index contributed by atoms with van der Waals surface area (Å²) in [4.78, 5) is 7.22.